The molecule has 0 atom stereocenters. The van der Waals surface area contributed by atoms with E-state index in [9.17, 15) is 9.59 Å². The normalized spacial score (nSPS) is 10.3. The molecule has 0 spiro atoms. The lowest BCUT2D eigenvalue weighted by Crippen LogP contribution is -2.33. The third kappa shape index (κ3) is 4.73. The molecule has 0 aliphatic rings. The van der Waals surface area contributed by atoms with Gasteiger partial charge in [0.05, 0.1) is 0 Å². The summed E-state index contributed by atoms with van der Waals surface area (Å²) in [5.41, 5.74) is 1.23. The number of nitrogens with one attached hydrogen (secondary N) is 2. The molecule has 0 radical (unpaired) electrons. The van der Waals surface area contributed by atoms with E-state index in [1.165, 1.54) is 0 Å². The Morgan fingerprint density at radius 1 is 1.16 bits per heavy atom. The van der Waals surface area contributed by atoms with Gasteiger partial charge >= 0.3 is 0 Å². The summed E-state index contributed by atoms with van der Waals surface area (Å²) in [5, 5.41) is 5.72. The summed E-state index contributed by atoms with van der Waals surface area (Å²) < 4.78 is 0. The molecule has 0 aliphatic heterocycles. The van der Waals surface area contributed by atoms with E-state index < -0.39 is 0 Å². The minimum Gasteiger partial charge on any atom is -0.349 e. The molecule has 0 saturated heterocycles. The average Bonchev–Trinajstić information content (AvgIpc) is 2.44. The maximum Gasteiger partial charge on any atom is 0.251 e. The Hall–Kier alpha value is -1.84. The van der Waals surface area contributed by atoms with Crippen LogP contribution in [0.25, 0.3) is 0 Å². The van der Waals surface area contributed by atoms with Crippen molar-refractivity contribution in [3.8, 4) is 0 Å². The summed E-state index contributed by atoms with van der Waals surface area (Å²) in [5.74, 6) is -0.154. The Morgan fingerprint density at radius 3 is 2.42 bits per heavy atom. The molecular weight excluding hydrogens is 240 g/mol. The highest BCUT2D eigenvalue weighted by molar-refractivity contribution is 5.97. The quantitative estimate of drug-likeness (QED) is 0.828. The van der Waals surface area contributed by atoms with Crippen molar-refractivity contribution in [2.24, 2.45) is 0 Å². The Bertz CT molecular complexity index is 440. The first-order chi connectivity index (χ1) is 9.10. The van der Waals surface area contributed by atoms with Crippen molar-refractivity contribution in [1.29, 1.82) is 0 Å². The molecule has 0 saturated carbocycles. The van der Waals surface area contributed by atoms with E-state index in [0.717, 1.165) is 12.8 Å². The molecule has 1 aromatic rings. The maximum absolute atomic E-state index is 12.1. The van der Waals surface area contributed by atoms with Gasteiger partial charge in [-0.25, -0.2) is 0 Å². The standard InChI is InChI=1S/C15H22N2O2/c1-4-12(5-2)17-15(19)11-8-7-9-13(10-11)16-14(18)6-3/h7-10,12H,4-6H2,1-3H3,(H,16,18)(H,17,19). The van der Waals surface area contributed by atoms with Gasteiger partial charge in [-0.2, -0.15) is 0 Å². The van der Waals surface area contributed by atoms with Gasteiger partial charge in [-0.1, -0.05) is 26.8 Å². The van der Waals surface area contributed by atoms with Crippen LogP contribution in [0.1, 0.15) is 50.4 Å². The lowest BCUT2D eigenvalue weighted by molar-refractivity contribution is -0.115. The second-order valence-corrected chi connectivity index (χ2v) is 4.47. The summed E-state index contributed by atoms with van der Waals surface area (Å²) in [6, 6.07) is 7.19. The van der Waals surface area contributed by atoms with E-state index in [-0.39, 0.29) is 17.9 Å². The number of anilines is 1. The SMILES string of the molecule is CCC(=O)Nc1cccc(C(=O)NC(CC)CC)c1. The number of benzene rings is 1. The summed E-state index contributed by atoms with van der Waals surface area (Å²) in [6.45, 7) is 5.89. The molecule has 4 nitrogen and oxygen atoms in total. The van der Waals surface area contributed by atoms with Crippen molar-refractivity contribution in [3.05, 3.63) is 29.8 Å². The molecule has 104 valence electrons. The van der Waals surface area contributed by atoms with E-state index in [1.807, 2.05) is 13.8 Å². The van der Waals surface area contributed by atoms with Crippen LogP contribution >= 0.6 is 0 Å². The molecule has 0 bridgehead atoms. The average molecular weight is 262 g/mol. The fourth-order valence-electron chi connectivity index (χ4n) is 1.75. The molecule has 0 aromatic heterocycles. The minimum atomic E-state index is -0.0960. The topological polar surface area (TPSA) is 58.2 Å². The third-order valence-corrected chi connectivity index (χ3v) is 3.05. The van der Waals surface area contributed by atoms with Crippen LogP contribution in [0.15, 0.2) is 24.3 Å². The third-order valence-electron chi connectivity index (χ3n) is 3.05. The zero-order valence-electron chi connectivity index (χ0n) is 11.8. The van der Waals surface area contributed by atoms with Crippen molar-refractivity contribution < 1.29 is 9.59 Å². The molecule has 2 amide bonds. The molecule has 19 heavy (non-hydrogen) atoms. The van der Waals surface area contributed by atoms with Gasteiger partial charge in [0.1, 0.15) is 0 Å². The minimum absolute atomic E-state index is 0.0578. The van der Waals surface area contributed by atoms with Gasteiger partial charge < -0.3 is 10.6 Å². The first kappa shape index (κ1) is 15.2. The summed E-state index contributed by atoms with van der Waals surface area (Å²) >= 11 is 0. The van der Waals surface area contributed by atoms with Gasteiger partial charge in [0.15, 0.2) is 0 Å². The van der Waals surface area contributed by atoms with Gasteiger partial charge in [0.2, 0.25) is 5.91 Å². The second kappa shape index (κ2) is 7.56. The van der Waals surface area contributed by atoms with Gasteiger partial charge in [0, 0.05) is 23.7 Å². The van der Waals surface area contributed by atoms with Crippen LogP contribution in [0, 0.1) is 0 Å². The molecule has 2 N–H and O–H groups in total. The highest BCUT2D eigenvalue weighted by Crippen LogP contribution is 2.11. The van der Waals surface area contributed by atoms with Crippen LogP contribution in [-0.4, -0.2) is 17.9 Å². The molecular formula is C15H22N2O2. The predicted molar refractivity (Wildman–Crippen MR) is 77.2 cm³/mol. The zero-order chi connectivity index (χ0) is 14.3. The Morgan fingerprint density at radius 2 is 1.84 bits per heavy atom. The van der Waals surface area contributed by atoms with E-state index in [2.05, 4.69) is 10.6 Å². The van der Waals surface area contributed by atoms with Crippen molar-refractivity contribution in [2.45, 2.75) is 46.1 Å². The molecule has 1 aromatic carbocycles. The first-order valence-corrected chi connectivity index (χ1v) is 6.81. The van der Waals surface area contributed by atoms with Crippen molar-refractivity contribution >= 4 is 17.5 Å². The van der Waals surface area contributed by atoms with Crippen LogP contribution in [0.5, 0.6) is 0 Å². The van der Waals surface area contributed by atoms with Gasteiger partial charge in [-0.15, -0.1) is 0 Å². The van der Waals surface area contributed by atoms with Crippen molar-refractivity contribution in [2.75, 3.05) is 5.32 Å². The summed E-state index contributed by atoms with van der Waals surface area (Å²) in [4.78, 5) is 23.4. The largest absolute Gasteiger partial charge is 0.349 e. The van der Waals surface area contributed by atoms with Crippen LogP contribution in [0.2, 0.25) is 0 Å². The smallest absolute Gasteiger partial charge is 0.251 e. The van der Waals surface area contributed by atoms with Crippen molar-refractivity contribution in [1.82, 2.24) is 5.32 Å². The maximum atomic E-state index is 12.1. The zero-order valence-corrected chi connectivity index (χ0v) is 11.8. The van der Waals surface area contributed by atoms with Crippen LogP contribution < -0.4 is 10.6 Å². The first-order valence-electron chi connectivity index (χ1n) is 6.81. The van der Waals surface area contributed by atoms with Crippen LogP contribution in [-0.2, 0) is 4.79 Å². The van der Waals surface area contributed by atoms with Crippen LogP contribution in [0.4, 0.5) is 5.69 Å². The Kier molecular flexibility index (Phi) is 6.06. The van der Waals surface area contributed by atoms with Gasteiger partial charge in [0.25, 0.3) is 5.91 Å². The number of rotatable bonds is 6. The number of amides is 2. The number of carbonyl (C=O) groups excluding carboxylic acids is 2. The monoisotopic (exact) mass is 262 g/mol. The summed E-state index contributed by atoms with van der Waals surface area (Å²) in [6.07, 6.45) is 2.24. The molecule has 1 rings (SSSR count). The molecule has 0 aliphatic carbocycles. The Balaban J connectivity index is 2.75. The second-order valence-electron chi connectivity index (χ2n) is 4.47. The van der Waals surface area contributed by atoms with E-state index in [0.29, 0.717) is 17.7 Å². The lowest BCUT2D eigenvalue weighted by atomic mass is 10.1. The van der Waals surface area contributed by atoms with Crippen molar-refractivity contribution in [3.63, 3.8) is 0 Å². The van der Waals surface area contributed by atoms with E-state index in [1.54, 1.807) is 31.2 Å². The highest BCUT2D eigenvalue weighted by Gasteiger charge is 2.11. The molecule has 4 heteroatoms. The van der Waals surface area contributed by atoms with Crippen LogP contribution in [0.3, 0.4) is 0 Å². The van der Waals surface area contributed by atoms with Gasteiger partial charge in [-0.3, -0.25) is 9.59 Å². The Labute approximate surface area is 114 Å². The predicted octanol–water partition coefficient (Wildman–Crippen LogP) is 2.95. The van der Waals surface area contributed by atoms with Gasteiger partial charge in [-0.05, 0) is 31.0 Å². The molecule has 0 heterocycles. The number of hydrogen-bond donors (Lipinski definition) is 2. The molecule has 0 unspecified atom stereocenters. The highest BCUT2D eigenvalue weighted by atomic mass is 16.2. The number of carbonyl (C=O) groups is 2. The van der Waals surface area contributed by atoms with E-state index >= 15 is 0 Å². The fraction of sp³-hybridized carbons (Fsp3) is 0.467. The van der Waals surface area contributed by atoms with E-state index in [4.69, 9.17) is 0 Å². The molecule has 0 fully saturated rings. The number of hydrogen-bond acceptors (Lipinski definition) is 2. The fourth-order valence-corrected chi connectivity index (χ4v) is 1.75. The summed E-state index contributed by atoms with van der Waals surface area (Å²) in [7, 11) is 0. The lowest BCUT2D eigenvalue weighted by Gasteiger charge is -2.15.